The molecular weight excluding hydrogens is 421 g/mol. The van der Waals surface area contributed by atoms with Crippen LogP contribution in [0.15, 0.2) is 46.9 Å². The van der Waals surface area contributed by atoms with Crippen molar-refractivity contribution in [3.05, 3.63) is 52.5 Å². The first kappa shape index (κ1) is 19.9. The van der Waals surface area contributed by atoms with Crippen LogP contribution in [0.2, 0.25) is 0 Å². The summed E-state index contributed by atoms with van der Waals surface area (Å²) < 4.78 is 0. The number of nitrogens with one attached hydrogen (secondary N) is 1. The second-order valence-electron chi connectivity index (χ2n) is 5.22. The Morgan fingerprint density at radius 1 is 1.35 bits per heavy atom. The molecule has 2 rings (SSSR count). The second kappa shape index (κ2) is 10.6. The van der Waals surface area contributed by atoms with Gasteiger partial charge in [0, 0.05) is 29.7 Å². The van der Waals surface area contributed by atoms with Gasteiger partial charge in [-0.25, -0.2) is 0 Å². The minimum absolute atomic E-state index is 0. The number of nitrogens with two attached hydrogens (primary N) is 1. The van der Waals surface area contributed by atoms with Crippen LogP contribution in [0.4, 0.5) is 0 Å². The Balaban J connectivity index is 0.00000264. The van der Waals surface area contributed by atoms with E-state index in [1.807, 2.05) is 18.2 Å². The third-order valence-corrected chi connectivity index (χ3v) is 4.32. The van der Waals surface area contributed by atoms with Gasteiger partial charge in [-0.2, -0.15) is 0 Å². The molecule has 3 N–H and O–H groups in total. The fraction of sp³-hybridized carbons (Fsp3) is 0.375. The molecule has 0 bridgehead atoms. The van der Waals surface area contributed by atoms with E-state index in [0.717, 1.165) is 18.7 Å². The molecule has 23 heavy (non-hydrogen) atoms. The van der Waals surface area contributed by atoms with Gasteiger partial charge in [-0.1, -0.05) is 12.1 Å². The van der Waals surface area contributed by atoms with Crippen molar-refractivity contribution in [3.63, 3.8) is 0 Å². The van der Waals surface area contributed by atoms with Gasteiger partial charge in [0.2, 0.25) is 0 Å². The van der Waals surface area contributed by atoms with Gasteiger partial charge in [0.05, 0.1) is 12.6 Å². The smallest absolute Gasteiger partial charge is 0.188 e. The van der Waals surface area contributed by atoms with E-state index in [9.17, 15) is 0 Å². The molecule has 7 heteroatoms. The lowest BCUT2D eigenvalue weighted by atomic mass is 10.2. The molecule has 0 fully saturated rings. The minimum atomic E-state index is 0. The highest BCUT2D eigenvalue weighted by Gasteiger charge is 2.14. The van der Waals surface area contributed by atoms with Crippen molar-refractivity contribution in [2.75, 3.05) is 27.2 Å². The Bertz CT molecular complexity index is 571. The normalized spacial score (nSPS) is 12.7. The number of halogens is 1. The lowest BCUT2D eigenvalue weighted by molar-refractivity contribution is 0.310. The SMILES string of the molecule is CN(C)C(CN=C(N)NCCc1ccccn1)c1cccs1.I. The maximum Gasteiger partial charge on any atom is 0.188 e. The first-order valence-electron chi connectivity index (χ1n) is 7.30. The zero-order chi connectivity index (χ0) is 15.8. The van der Waals surface area contributed by atoms with Crippen molar-refractivity contribution in [1.29, 1.82) is 0 Å². The first-order chi connectivity index (χ1) is 10.7. The first-order valence-corrected chi connectivity index (χ1v) is 8.18. The predicted octanol–water partition coefficient (Wildman–Crippen LogP) is 2.51. The Labute approximate surface area is 159 Å². The molecule has 0 saturated heterocycles. The molecule has 0 aliphatic heterocycles. The fourth-order valence-corrected chi connectivity index (χ4v) is 3.01. The van der Waals surface area contributed by atoms with Crippen molar-refractivity contribution >= 4 is 41.3 Å². The summed E-state index contributed by atoms with van der Waals surface area (Å²) in [6.07, 6.45) is 2.63. The van der Waals surface area contributed by atoms with E-state index in [1.54, 1.807) is 17.5 Å². The van der Waals surface area contributed by atoms with E-state index in [0.29, 0.717) is 12.5 Å². The van der Waals surface area contributed by atoms with Crippen molar-refractivity contribution in [3.8, 4) is 0 Å². The number of guanidine groups is 1. The summed E-state index contributed by atoms with van der Waals surface area (Å²) >= 11 is 1.75. The molecule has 2 aromatic rings. The van der Waals surface area contributed by atoms with Crippen LogP contribution in [0.1, 0.15) is 16.6 Å². The number of likely N-dealkylation sites (N-methyl/N-ethyl adjacent to an activating group) is 1. The van der Waals surface area contributed by atoms with Gasteiger partial charge < -0.3 is 16.0 Å². The Hall–Kier alpha value is -1.19. The standard InChI is InChI=1S/C16H23N5S.HI/c1-21(2)14(15-7-5-11-22-15)12-20-16(17)19-10-8-13-6-3-4-9-18-13;/h3-7,9,11,14H,8,10,12H2,1-2H3,(H3,17,19,20);1H. The molecule has 2 aromatic heterocycles. The van der Waals surface area contributed by atoms with Gasteiger partial charge in [-0.3, -0.25) is 9.98 Å². The maximum atomic E-state index is 5.94. The monoisotopic (exact) mass is 445 g/mol. The lowest BCUT2D eigenvalue weighted by Gasteiger charge is -2.21. The van der Waals surface area contributed by atoms with Gasteiger partial charge in [-0.15, -0.1) is 35.3 Å². The van der Waals surface area contributed by atoms with Gasteiger partial charge in [0.15, 0.2) is 5.96 Å². The number of hydrogen-bond donors (Lipinski definition) is 2. The van der Waals surface area contributed by atoms with Gasteiger partial charge in [-0.05, 0) is 37.7 Å². The Morgan fingerprint density at radius 2 is 2.17 bits per heavy atom. The summed E-state index contributed by atoms with van der Waals surface area (Å²) in [5, 5.41) is 5.23. The molecule has 5 nitrogen and oxygen atoms in total. The number of pyridine rings is 1. The highest BCUT2D eigenvalue weighted by molar-refractivity contribution is 14.0. The van der Waals surface area contributed by atoms with Crippen LogP contribution in [0, 0.1) is 0 Å². The summed E-state index contributed by atoms with van der Waals surface area (Å²) in [5.74, 6) is 0.485. The number of rotatable bonds is 7. The summed E-state index contributed by atoms with van der Waals surface area (Å²) in [6.45, 7) is 1.38. The fourth-order valence-electron chi connectivity index (χ4n) is 2.09. The molecular formula is C16H24IN5S. The molecule has 0 amide bonds. The van der Waals surface area contributed by atoms with E-state index in [1.165, 1.54) is 4.88 Å². The number of nitrogens with zero attached hydrogens (tertiary/aromatic N) is 3. The van der Waals surface area contributed by atoms with Crippen molar-refractivity contribution in [2.45, 2.75) is 12.5 Å². The third kappa shape index (κ3) is 6.84. The topological polar surface area (TPSA) is 66.5 Å². The van der Waals surface area contributed by atoms with Crippen LogP contribution in [-0.4, -0.2) is 43.0 Å². The van der Waals surface area contributed by atoms with Crippen LogP contribution in [0.5, 0.6) is 0 Å². The summed E-state index contributed by atoms with van der Waals surface area (Å²) in [5.41, 5.74) is 6.99. The molecule has 0 radical (unpaired) electrons. The van der Waals surface area contributed by atoms with Crippen LogP contribution in [-0.2, 0) is 6.42 Å². The van der Waals surface area contributed by atoms with E-state index >= 15 is 0 Å². The van der Waals surface area contributed by atoms with Crippen molar-refractivity contribution in [1.82, 2.24) is 15.2 Å². The van der Waals surface area contributed by atoms with E-state index < -0.39 is 0 Å². The number of aliphatic imine (C=N–C) groups is 1. The molecule has 1 unspecified atom stereocenters. The largest absolute Gasteiger partial charge is 0.370 e. The average Bonchev–Trinajstić information content (AvgIpc) is 3.02. The quantitative estimate of drug-likeness (QED) is 0.391. The van der Waals surface area contributed by atoms with E-state index in [2.05, 4.69) is 51.8 Å². The molecule has 126 valence electrons. The van der Waals surface area contributed by atoms with Crippen LogP contribution < -0.4 is 11.1 Å². The highest BCUT2D eigenvalue weighted by atomic mass is 127. The number of thiophene rings is 1. The predicted molar refractivity (Wildman–Crippen MR) is 109 cm³/mol. The highest BCUT2D eigenvalue weighted by Crippen LogP contribution is 2.23. The molecule has 0 aliphatic carbocycles. The zero-order valence-electron chi connectivity index (χ0n) is 13.5. The molecule has 2 heterocycles. The third-order valence-electron chi connectivity index (χ3n) is 3.34. The summed E-state index contributed by atoms with van der Waals surface area (Å²) in [6, 6.07) is 10.4. The van der Waals surface area contributed by atoms with E-state index in [4.69, 9.17) is 5.73 Å². The van der Waals surface area contributed by atoms with E-state index in [-0.39, 0.29) is 30.0 Å². The molecule has 0 aliphatic rings. The average molecular weight is 445 g/mol. The summed E-state index contributed by atoms with van der Waals surface area (Å²) in [4.78, 5) is 12.2. The van der Waals surface area contributed by atoms with Crippen LogP contribution in [0.25, 0.3) is 0 Å². The summed E-state index contributed by atoms with van der Waals surface area (Å²) in [7, 11) is 4.12. The Kier molecular flexibility index (Phi) is 9.12. The molecule has 0 spiro atoms. The minimum Gasteiger partial charge on any atom is -0.370 e. The Morgan fingerprint density at radius 3 is 2.78 bits per heavy atom. The number of hydrogen-bond acceptors (Lipinski definition) is 4. The van der Waals surface area contributed by atoms with Crippen LogP contribution in [0.3, 0.4) is 0 Å². The number of aromatic nitrogens is 1. The second-order valence-corrected chi connectivity index (χ2v) is 6.20. The van der Waals surface area contributed by atoms with Gasteiger partial charge in [0.25, 0.3) is 0 Å². The molecule has 0 saturated carbocycles. The maximum absolute atomic E-state index is 5.94. The van der Waals surface area contributed by atoms with Crippen molar-refractivity contribution < 1.29 is 0 Å². The van der Waals surface area contributed by atoms with Crippen LogP contribution >= 0.6 is 35.3 Å². The lowest BCUT2D eigenvalue weighted by Crippen LogP contribution is -2.34. The zero-order valence-corrected chi connectivity index (χ0v) is 16.6. The molecule has 1 atom stereocenters. The van der Waals surface area contributed by atoms with Gasteiger partial charge in [0.1, 0.15) is 0 Å². The van der Waals surface area contributed by atoms with Crippen molar-refractivity contribution in [2.24, 2.45) is 10.7 Å². The van der Waals surface area contributed by atoms with Gasteiger partial charge >= 0.3 is 0 Å². The molecule has 0 aromatic carbocycles.